The Hall–Kier alpha value is -1.11. The predicted molar refractivity (Wildman–Crippen MR) is 93.8 cm³/mol. The summed E-state index contributed by atoms with van der Waals surface area (Å²) in [7, 11) is 1.83. The van der Waals surface area contributed by atoms with E-state index in [-0.39, 0.29) is 0 Å². The van der Waals surface area contributed by atoms with E-state index in [4.69, 9.17) is 4.74 Å². The summed E-state index contributed by atoms with van der Waals surface area (Å²) in [5.41, 5.74) is 0. The van der Waals surface area contributed by atoms with Crippen LogP contribution in [-0.2, 0) is 11.2 Å². The van der Waals surface area contributed by atoms with Gasteiger partial charge in [0.2, 0.25) is 0 Å². The summed E-state index contributed by atoms with van der Waals surface area (Å²) >= 11 is 1.80. The Morgan fingerprint density at radius 2 is 2.23 bits per heavy atom. The summed E-state index contributed by atoms with van der Waals surface area (Å²) in [6.45, 7) is 9.09. The molecule has 1 aromatic rings. The number of guanidine groups is 1. The topological polar surface area (TPSA) is 48.9 Å². The molecule has 0 bridgehead atoms. The number of thiophene rings is 1. The average Bonchev–Trinajstić information content (AvgIpc) is 3.05. The maximum absolute atomic E-state index is 5.39. The van der Waals surface area contributed by atoms with E-state index in [2.05, 4.69) is 45.0 Å². The number of hydrogen-bond donors (Lipinski definition) is 2. The number of rotatable bonds is 7. The van der Waals surface area contributed by atoms with Gasteiger partial charge in [0.05, 0.1) is 13.2 Å². The zero-order valence-electron chi connectivity index (χ0n) is 13.7. The molecule has 1 unspecified atom stereocenters. The van der Waals surface area contributed by atoms with Crippen LogP contribution in [0.25, 0.3) is 0 Å². The zero-order chi connectivity index (χ0) is 15.6. The van der Waals surface area contributed by atoms with E-state index in [0.717, 1.165) is 58.3 Å². The third kappa shape index (κ3) is 6.34. The van der Waals surface area contributed by atoms with Crippen LogP contribution in [0.1, 0.15) is 11.8 Å². The van der Waals surface area contributed by atoms with Crippen molar-refractivity contribution in [1.82, 2.24) is 15.5 Å². The molecule has 0 spiro atoms. The molecule has 2 rings (SSSR count). The van der Waals surface area contributed by atoms with Gasteiger partial charge >= 0.3 is 0 Å². The van der Waals surface area contributed by atoms with E-state index in [9.17, 15) is 0 Å². The quantitative estimate of drug-likeness (QED) is 0.588. The molecule has 1 aromatic heterocycles. The maximum atomic E-state index is 5.39. The summed E-state index contributed by atoms with van der Waals surface area (Å²) in [6, 6.07) is 4.27. The van der Waals surface area contributed by atoms with Crippen LogP contribution in [0.2, 0.25) is 0 Å². The van der Waals surface area contributed by atoms with Crippen molar-refractivity contribution in [1.29, 1.82) is 0 Å². The smallest absolute Gasteiger partial charge is 0.190 e. The van der Waals surface area contributed by atoms with E-state index in [0.29, 0.717) is 5.92 Å². The molecule has 1 saturated heterocycles. The van der Waals surface area contributed by atoms with Crippen molar-refractivity contribution < 1.29 is 4.74 Å². The summed E-state index contributed by atoms with van der Waals surface area (Å²) in [5, 5.41) is 8.92. The summed E-state index contributed by atoms with van der Waals surface area (Å²) in [6.07, 6.45) is 1.04. The Morgan fingerprint density at radius 1 is 1.41 bits per heavy atom. The molecule has 0 radical (unpaired) electrons. The molecule has 1 atom stereocenters. The Balaban J connectivity index is 1.60. The number of morpholine rings is 1. The maximum Gasteiger partial charge on any atom is 0.190 e. The molecule has 1 fully saturated rings. The Bertz CT molecular complexity index is 429. The first kappa shape index (κ1) is 17.2. The van der Waals surface area contributed by atoms with Gasteiger partial charge in [-0.3, -0.25) is 9.89 Å². The Morgan fingerprint density at radius 3 is 2.91 bits per heavy atom. The fraction of sp³-hybridized carbons (Fsp3) is 0.688. The minimum Gasteiger partial charge on any atom is -0.379 e. The SMILES string of the molecule is CN=C(NCCc1cccs1)NCC(C)CN1CCOCC1. The van der Waals surface area contributed by atoms with Crippen molar-refractivity contribution in [2.24, 2.45) is 10.9 Å². The molecule has 0 aromatic carbocycles. The lowest BCUT2D eigenvalue weighted by atomic mass is 10.1. The van der Waals surface area contributed by atoms with Crippen LogP contribution in [-0.4, -0.2) is 63.8 Å². The molecule has 0 aliphatic carbocycles. The summed E-state index contributed by atoms with van der Waals surface area (Å²) in [4.78, 5) is 8.17. The highest BCUT2D eigenvalue weighted by Crippen LogP contribution is 2.08. The molecule has 0 amide bonds. The lowest BCUT2D eigenvalue weighted by Crippen LogP contribution is -2.44. The molecule has 0 saturated carbocycles. The number of nitrogens with one attached hydrogen (secondary N) is 2. The highest BCUT2D eigenvalue weighted by atomic mass is 32.1. The minimum atomic E-state index is 0.592. The molecular formula is C16H28N4OS. The fourth-order valence-corrected chi connectivity index (χ4v) is 3.25. The van der Waals surface area contributed by atoms with E-state index in [1.807, 2.05) is 7.05 Å². The van der Waals surface area contributed by atoms with Crippen LogP contribution in [0.3, 0.4) is 0 Å². The first-order valence-electron chi connectivity index (χ1n) is 8.05. The highest BCUT2D eigenvalue weighted by Gasteiger charge is 2.13. The minimum absolute atomic E-state index is 0.592. The number of ether oxygens (including phenoxy) is 1. The van der Waals surface area contributed by atoms with Crippen molar-refractivity contribution in [3.8, 4) is 0 Å². The van der Waals surface area contributed by atoms with Crippen LogP contribution < -0.4 is 10.6 Å². The van der Waals surface area contributed by atoms with Gasteiger partial charge in [-0.15, -0.1) is 11.3 Å². The Kier molecular flexibility index (Phi) is 7.70. The first-order chi connectivity index (χ1) is 10.8. The van der Waals surface area contributed by atoms with Crippen LogP contribution in [0, 0.1) is 5.92 Å². The second-order valence-electron chi connectivity index (χ2n) is 5.73. The second-order valence-corrected chi connectivity index (χ2v) is 6.76. The van der Waals surface area contributed by atoms with Crippen molar-refractivity contribution >= 4 is 17.3 Å². The molecule has 22 heavy (non-hydrogen) atoms. The lowest BCUT2D eigenvalue weighted by molar-refractivity contribution is 0.0320. The van der Waals surface area contributed by atoms with Gasteiger partial charge in [0.25, 0.3) is 0 Å². The number of hydrogen-bond acceptors (Lipinski definition) is 4. The van der Waals surface area contributed by atoms with Crippen LogP contribution in [0.15, 0.2) is 22.5 Å². The van der Waals surface area contributed by atoms with Gasteiger partial charge in [-0.25, -0.2) is 0 Å². The first-order valence-corrected chi connectivity index (χ1v) is 8.93. The lowest BCUT2D eigenvalue weighted by Gasteiger charge is -2.29. The van der Waals surface area contributed by atoms with Gasteiger partial charge < -0.3 is 15.4 Å². The Labute approximate surface area is 137 Å². The molecular weight excluding hydrogens is 296 g/mol. The van der Waals surface area contributed by atoms with Gasteiger partial charge in [-0.1, -0.05) is 13.0 Å². The molecule has 1 aliphatic heterocycles. The molecule has 124 valence electrons. The van der Waals surface area contributed by atoms with Gasteiger partial charge in [-0.05, 0) is 23.8 Å². The average molecular weight is 324 g/mol. The standard InChI is InChI=1S/C16H28N4OS/c1-14(13-20-7-9-21-10-8-20)12-19-16(17-2)18-6-5-15-4-3-11-22-15/h3-4,11,14H,5-10,12-13H2,1-2H3,(H2,17,18,19). The zero-order valence-corrected chi connectivity index (χ0v) is 14.5. The molecule has 2 N–H and O–H groups in total. The van der Waals surface area contributed by atoms with E-state index >= 15 is 0 Å². The van der Waals surface area contributed by atoms with Gasteiger partial charge in [-0.2, -0.15) is 0 Å². The molecule has 2 heterocycles. The molecule has 6 heteroatoms. The van der Waals surface area contributed by atoms with Crippen molar-refractivity contribution in [3.63, 3.8) is 0 Å². The van der Waals surface area contributed by atoms with Gasteiger partial charge in [0.15, 0.2) is 5.96 Å². The third-order valence-corrected chi connectivity index (χ3v) is 4.70. The molecule has 1 aliphatic rings. The van der Waals surface area contributed by atoms with Crippen molar-refractivity contribution in [3.05, 3.63) is 22.4 Å². The van der Waals surface area contributed by atoms with Gasteiger partial charge in [0.1, 0.15) is 0 Å². The van der Waals surface area contributed by atoms with E-state index in [1.54, 1.807) is 11.3 Å². The van der Waals surface area contributed by atoms with Crippen molar-refractivity contribution in [2.45, 2.75) is 13.3 Å². The molecule has 5 nitrogen and oxygen atoms in total. The number of aliphatic imine (C=N–C) groups is 1. The second kappa shape index (κ2) is 9.82. The van der Waals surface area contributed by atoms with Crippen LogP contribution in [0.5, 0.6) is 0 Å². The van der Waals surface area contributed by atoms with E-state index in [1.165, 1.54) is 4.88 Å². The third-order valence-electron chi connectivity index (χ3n) is 3.76. The normalized spacial score (nSPS) is 18.2. The van der Waals surface area contributed by atoms with Gasteiger partial charge in [0, 0.05) is 44.6 Å². The monoisotopic (exact) mass is 324 g/mol. The van der Waals surface area contributed by atoms with E-state index < -0.39 is 0 Å². The highest BCUT2D eigenvalue weighted by molar-refractivity contribution is 7.09. The van der Waals surface area contributed by atoms with Crippen LogP contribution >= 0.6 is 11.3 Å². The summed E-state index contributed by atoms with van der Waals surface area (Å²) < 4.78 is 5.39. The van der Waals surface area contributed by atoms with Crippen LogP contribution in [0.4, 0.5) is 0 Å². The largest absolute Gasteiger partial charge is 0.379 e. The summed E-state index contributed by atoms with van der Waals surface area (Å²) in [5.74, 6) is 1.49. The number of nitrogens with zero attached hydrogens (tertiary/aromatic N) is 2. The van der Waals surface area contributed by atoms with Crippen molar-refractivity contribution in [2.75, 3.05) is 53.0 Å². The predicted octanol–water partition coefficient (Wildman–Crippen LogP) is 1.42. The fourth-order valence-electron chi connectivity index (χ4n) is 2.54.